The molecule has 4 nitrogen and oxygen atoms in total. The van der Waals surface area contributed by atoms with Crippen LogP contribution in [0.5, 0.6) is 0 Å². The number of rotatable bonds is 2. The van der Waals surface area contributed by atoms with Crippen LogP contribution >= 0.6 is 11.3 Å². The summed E-state index contributed by atoms with van der Waals surface area (Å²) in [5.74, 6) is -0.774. The van der Waals surface area contributed by atoms with Crippen molar-refractivity contribution in [3.05, 3.63) is 34.8 Å². The van der Waals surface area contributed by atoms with Gasteiger partial charge in [-0.1, -0.05) is 29.8 Å². The third-order valence-electron chi connectivity index (χ3n) is 2.12. The lowest BCUT2D eigenvalue weighted by Gasteiger charge is -1.99. The van der Waals surface area contributed by atoms with Gasteiger partial charge in [0.05, 0.1) is 4.88 Å². The Balaban J connectivity index is 2.52. The van der Waals surface area contributed by atoms with E-state index < -0.39 is 5.97 Å². The van der Waals surface area contributed by atoms with E-state index in [1.165, 1.54) is 0 Å². The van der Waals surface area contributed by atoms with Crippen molar-refractivity contribution >= 4 is 23.1 Å². The maximum Gasteiger partial charge on any atom is 0.365 e. The van der Waals surface area contributed by atoms with Gasteiger partial charge >= 0.3 is 5.97 Å². The number of benzene rings is 1. The van der Waals surface area contributed by atoms with E-state index in [-0.39, 0.29) is 10.8 Å². The standard InChI is InChI=1S/C11H10N2O2S/c1-6-3-2-4-7(5-6)8-9(12)13-10(16-8)11(14)15/h2-5H,12H2,1H3,(H,14,15). The van der Waals surface area contributed by atoms with Crippen molar-refractivity contribution in [3.8, 4) is 10.4 Å². The number of carboxylic acids is 1. The molecule has 0 atom stereocenters. The van der Waals surface area contributed by atoms with Crippen molar-refractivity contribution in [2.24, 2.45) is 0 Å². The van der Waals surface area contributed by atoms with Crippen LogP contribution in [0, 0.1) is 6.92 Å². The molecule has 0 bridgehead atoms. The molecular weight excluding hydrogens is 224 g/mol. The van der Waals surface area contributed by atoms with Gasteiger partial charge in [-0.15, -0.1) is 11.3 Å². The Labute approximate surface area is 96.4 Å². The molecule has 0 aliphatic carbocycles. The zero-order valence-electron chi connectivity index (χ0n) is 8.60. The summed E-state index contributed by atoms with van der Waals surface area (Å²) in [5.41, 5.74) is 7.70. The molecule has 0 unspecified atom stereocenters. The van der Waals surface area contributed by atoms with Gasteiger partial charge in [-0.3, -0.25) is 0 Å². The molecule has 16 heavy (non-hydrogen) atoms. The maximum atomic E-state index is 10.8. The SMILES string of the molecule is Cc1cccc(-c2sc(C(=O)O)nc2N)c1. The van der Waals surface area contributed by atoms with Crippen molar-refractivity contribution in [2.45, 2.75) is 6.92 Å². The average molecular weight is 234 g/mol. The number of hydrogen-bond donors (Lipinski definition) is 2. The molecule has 5 heteroatoms. The van der Waals surface area contributed by atoms with Crippen LogP contribution in [0.2, 0.25) is 0 Å². The molecule has 0 aliphatic rings. The molecule has 1 heterocycles. The number of hydrogen-bond acceptors (Lipinski definition) is 4. The Morgan fingerprint density at radius 1 is 1.50 bits per heavy atom. The number of thiazole rings is 1. The molecule has 0 spiro atoms. The van der Waals surface area contributed by atoms with Crippen LogP contribution < -0.4 is 5.73 Å². The summed E-state index contributed by atoms with van der Waals surface area (Å²) in [6.07, 6.45) is 0. The minimum Gasteiger partial charge on any atom is -0.476 e. The van der Waals surface area contributed by atoms with E-state index in [4.69, 9.17) is 10.8 Å². The molecule has 1 aromatic carbocycles. The summed E-state index contributed by atoms with van der Waals surface area (Å²) in [6, 6.07) is 7.72. The van der Waals surface area contributed by atoms with Gasteiger partial charge in [0.25, 0.3) is 0 Å². The highest BCUT2D eigenvalue weighted by Crippen LogP contribution is 2.32. The molecule has 1 aromatic heterocycles. The Kier molecular flexibility index (Phi) is 2.62. The molecular formula is C11H10N2O2S. The number of aromatic nitrogens is 1. The number of carbonyl (C=O) groups is 1. The first kappa shape index (κ1) is 10.6. The molecule has 82 valence electrons. The van der Waals surface area contributed by atoms with E-state index in [2.05, 4.69) is 4.98 Å². The Bertz CT molecular complexity index is 549. The second kappa shape index (κ2) is 3.94. The zero-order valence-corrected chi connectivity index (χ0v) is 9.41. The summed E-state index contributed by atoms with van der Waals surface area (Å²) in [4.78, 5) is 15.3. The van der Waals surface area contributed by atoms with Gasteiger partial charge in [0.1, 0.15) is 5.82 Å². The van der Waals surface area contributed by atoms with Crippen LogP contribution in [0.25, 0.3) is 10.4 Å². The van der Waals surface area contributed by atoms with Crippen LogP contribution in [0.3, 0.4) is 0 Å². The van der Waals surface area contributed by atoms with E-state index in [0.717, 1.165) is 22.5 Å². The normalized spacial score (nSPS) is 10.3. The zero-order chi connectivity index (χ0) is 11.7. The highest BCUT2D eigenvalue weighted by Gasteiger charge is 2.14. The number of nitrogen functional groups attached to an aromatic ring is 1. The third-order valence-corrected chi connectivity index (χ3v) is 3.22. The van der Waals surface area contributed by atoms with E-state index in [9.17, 15) is 4.79 Å². The number of nitrogens with zero attached hydrogens (tertiary/aromatic N) is 1. The predicted molar refractivity (Wildman–Crippen MR) is 63.7 cm³/mol. The topological polar surface area (TPSA) is 76.2 Å². The first-order chi connectivity index (χ1) is 7.58. The van der Waals surface area contributed by atoms with Gasteiger partial charge in [0, 0.05) is 0 Å². The van der Waals surface area contributed by atoms with E-state index in [0.29, 0.717) is 4.88 Å². The van der Waals surface area contributed by atoms with E-state index >= 15 is 0 Å². The van der Waals surface area contributed by atoms with Crippen LogP contribution in [-0.2, 0) is 0 Å². The van der Waals surface area contributed by atoms with Crippen molar-refractivity contribution < 1.29 is 9.90 Å². The van der Waals surface area contributed by atoms with E-state index in [1.54, 1.807) is 0 Å². The monoisotopic (exact) mass is 234 g/mol. The molecule has 0 saturated carbocycles. The lowest BCUT2D eigenvalue weighted by molar-refractivity contribution is 0.0696. The van der Waals surface area contributed by atoms with Crippen molar-refractivity contribution in [1.82, 2.24) is 4.98 Å². The van der Waals surface area contributed by atoms with Gasteiger partial charge in [-0.05, 0) is 12.5 Å². The smallest absolute Gasteiger partial charge is 0.365 e. The Hall–Kier alpha value is -1.88. The quantitative estimate of drug-likeness (QED) is 0.836. The van der Waals surface area contributed by atoms with Gasteiger partial charge in [0.15, 0.2) is 0 Å². The van der Waals surface area contributed by atoms with Crippen LogP contribution in [0.4, 0.5) is 5.82 Å². The molecule has 0 aliphatic heterocycles. The second-order valence-electron chi connectivity index (χ2n) is 3.41. The lowest BCUT2D eigenvalue weighted by Crippen LogP contribution is -1.95. The summed E-state index contributed by atoms with van der Waals surface area (Å²) < 4.78 is 0. The van der Waals surface area contributed by atoms with Gasteiger partial charge in [-0.2, -0.15) is 0 Å². The first-order valence-corrected chi connectivity index (χ1v) is 5.46. The third kappa shape index (κ3) is 1.90. The number of anilines is 1. The fourth-order valence-corrected chi connectivity index (χ4v) is 2.24. The van der Waals surface area contributed by atoms with Crippen molar-refractivity contribution in [3.63, 3.8) is 0 Å². The molecule has 0 amide bonds. The fraction of sp³-hybridized carbons (Fsp3) is 0.0909. The minimum absolute atomic E-state index is 0.0222. The molecule has 0 saturated heterocycles. The van der Waals surface area contributed by atoms with Gasteiger partial charge < -0.3 is 10.8 Å². The number of aromatic carboxylic acids is 1. The van der Waals surface area contributed by atoms with Crippen molar-refractivity contribution in [1.29, 1.82) is 0 Å². The lowest BCUT2D eigenvalue weighted by atomic mass is 10.1. The summed E-state index contributed by atoms with van der Waals surface area (Å²) in [7, 11) is 0. The van der Waals surface area contributed by atoms with Gasteiger partial charge in [0.2, 0.25) is 5.01 Å². The number of carboxylic acid groups (broad SMARTS) is 1. The fourth-order valence-electron chi connectivity index (χ4n) is 1.42. The molecule has 0 radical (unpaired) electrons. The first-order valence-electron chi connectivity index (χ1n) is 4.64. The van der Waals surface area contributed by atoms with Crippen LogP contribution in [-0.4, -0.2) is 16.1 Å². The van der Waals surface area contributed by atoms with Crippen molar-refractivity contribution in [2.75, 3.05) is 5.73 Å². The molecule has 3 N–H and O–H groups in total. The summed E-state index contributed by atoms with van der Waals surface area (Å²) >= 11 is 1.09. The van der Waals surface area contributed by atoms with Crippen LogP contribution in [0.15, 0.2) is 24.3 Å². The second-order valence-corrected chi connectivity index (χ2v) is 4.41. The molecule has 2 aromatic rings. The van der Waals surface area contributed by atoms with Gasteiger partial charge in [-0.25, -0.2) is 9.78 Å². The Morgan fingerprint density at radius 3 is 2.81 bits per heavy atom. The summed E-state index contributed by atoms with van der Waals surface area (Å²) in [6.45, 7) is 1.97. The number of nitrogens with two attached hydrogens (primary N) is 1. The highest BCUT2D eigenvalue weighted by molar-refractivity contribution is 7.17. The average Bonchev–Trinajstić information content (AvgIpc) is 2.60. The minimum atomic E-state index is -1.05. The van der Waals surface area contributed by atoms with E-state index in [1.807, 2.05) is 31.2 Å². The largest absolute Gasteiger partial charge is 0.476 e. The Morgan fingerprint density at radius 2 is 2.25 bits per heavy atom. The molecule has 0 fully saturated rings. The van der Waals surface area contributed by atoms with Crippen LogP contribution in [0.1, 0.15) is 15.4 Å². The summed E-state index contributed by atoms with van der Waals surface area (Å²) in [5, 5.41) is 8.84. The molecule has 2 rings (SSSR count). The maximum absolute atomic E-state index is 10.8. The number of aryl methyl sites for hydroxylation is 1. The predicted octanol–water partition coefficient (Wildman–Crippen LogP) is 2.40. The highest BCUT2D eigenvalue weighted by atomic mass is 32.1.